The highest BCUT2D eigenvalue weighted by Crippen LogP contribution is 2.39. The number of halogens is 1. The van der Waals surface area contributed by atoms with Crippen molar-refractivity contribution in [1.82, 2.24) is 5.32 Å². The van der Waals surface area contributed by atoms with E-state index < -0.39 is 23.7 Å². The van der Waals surface area contributed by atoms with Crippen LogP contribution in [-0.2, 0) is 9.59 Å². The third-order valence-electron chi connectivity index (χ3n) is 4.50. The highest BCUT2D eigenvalue weighted by molar-refractivity contribution is 6.04. The molecule has 0 bridgehead atoms. The highest BCUT2D eigenvalue weighted by Gasteiger charge is 2.34. The predicted octanol–water partition coefficient (Wildman–Crippen LogP) is 1.27. The zero-order valence-electron chi connectivity index (χ0n) is 12.2. The molecule has 0 aliphatic carbocycles. The van der Waals surface area contributed by atoms with E-state index in [1.165, 1.54) is 12.3 Å². The van der Waals surface area contributed by atoms with Crippen LogP contribution in [0.25, 0.3) is 11.0 Å². The molecule has 23 heavy (non-hydrogen) atoms. The summed E-state index contributed by atoms with van der Waals surface area (Å²) in [6.07, 6.45) is 1.51. The standard InChI is InChI=1S/C16H15FN2O4/c17-11-5-12(19-6-8(20)7-19)15-9(3-4-23-15)14(11)10-1-2-13(21)18-16(10)22/h3-5,8,10,20H,1-2,6-7H2,(H,18,21,22). The Hall–Kier alpha value is -2.41. The molecule has 2 amide bonds. The average molecular weight is 318 g/mol. The van der Waals surface area contributed by atoms with Gasteiger partial charge in [0.05, 0.1) is 24.0 Å². The summed E-state index contributed by atoms with van der Waals surface area (Å²) in [6.45, 7) is 0.847. The van der Waals surface area contributed by atoms with Crippen molar-refractivity contribution in [1.29, 1.82) is 0 Å². The maximum absolute atomic E-state index is 14.7. The number of nitrogens with zero attached hydrogens (tertiary/aromatic N) is 1. The first-order valence-electron chi connectivity index (χ1n) is 7.51. The van der Waals surface area contributed by atoms with Gasteiger partial charge >= 0.3 is 0 Å². The first kappa shape index (κ1) is 14.2. The van der Waals surface area contributed by atoms with E-state index in [2.05, 4.69) is 5.32 Å². The van der Waals surface area contributed by atoms with Gasteiger partial charge < -0.3 is 14.4 Å². The van der Waals surface area contributed by atoms with Crippen molar-refractivity contribution in [2.24, 2.45) is 0 Å². The number of carbonyl (C=O) groups is 2. The number of β-amino-alcohol motifs (C(OH)–C–C–N with tert-alkyl or cyclic N) is 1. The summed E-state index contributed by atoms with van der Waals surface area (Å²) in [5.41, 5.74) is 1.34. The Labute approximate surface area is 130 Å². The van der Waals surface area contributed by atoms with Gasteiger partial charge in [-0.15, -0.1) is 0 Å². The van der Waals surface area contributed by atoms with Crippen LogP contribution in [0.5, 0.6) is 0 Å². The third-order valence-corrected chi connectivity index (χ3v) is 4.50. The van der Waals surface area contributed by atoms with E-state index in [0.29, 0.717) is 29.7 Å². The molecule has 4 rings (SSSR count). The number of fused-ring (bicyclic) bond motifs is 1. The number of furan rings is 1. The Kier molecular flexibility index (Phi) is 3.12. The Bertz CT molecular complexity index is 810. The lowest BCUT2D eigenvalue weighted by molar-refractivity contribution is -0.134. The number of hydrogen-bond donors (Lipinski definition) is 2. The van der Waals surface area contributed by atoms with Gasteiger partial charge in [-0.2, -0.15) is 0 Å². The van der Waals surface area contributed by atoms with Gasteiger partial charge in [0.15, 0.2) is 5.58 Å². The molecular formula is C16H15FN2O4. The molecule has 1 aromatic carbocycles. The minimum Gasteiger partial charge on any atom is -0.462 e. The molecule has 0 saturated carbocycles. The van der Waals surface area contributed by atoms with E-state index >= 15 is 0 Å². The van der Waals surface area contributed by atoms with E-state index in [9.17, 15) is 19.1 Å². The Morgan fingerprint density at radius 1 is 1.35 bits per heavy atom. The van der Waals surface area contributed by atoms with Crippen LogP contribution < -0.4 is 10.2 Å². The van der Waals surface area contributed by atoms with E-state index in [0.717, 1.165) is 0 Å². The zero-order chi connectivity index (χ0) is 16.1. The second-order valence-corrected chi connectivity index (χ2v) is 6.02. The summed E-state index contributed by atoms with van der Waals surface area (Å²) < 4.78 is 20.2. The van der Waals surface area contributed by atoms with Crippen LogP contribution in [-0.4, -0.2) is 36.1 Å². The summed E-state index contributed by atoms with van der Waals surface area (Å²) in [7, 11) is 0. The molecule has 2 N–H and O–H groups in total. The fourth-order valence-corrected chi connectivity index (χ4v) is 3.32. The van der Waals surface area contributed by atoms with Crippen molar-refractivity contribution in [3.8, 4) is 0 Å². The molecule has 0 spiro atoms. The van der Waals surface area contributed by atoms with E-state index in [-0.39, 0.29) is 24.3 Å². The van der Waals surface area contributed by atoms with E-state index in [1.807, 2.05) is 4.90 Å². The highest BCUT2D eigenvalue weighted by atomic mass is 19.1. The summed E-state index contributed by atoms with van der Waals surface area (Å²) in [4.78, 5) is 25.2. The number of nitrogens with one attached hydrogen (secondary N) is 1. The molecule has 3 heterocycles. The first-order chi connectivity index (χ1) is 11.0. The molecule has 6 nitrogen and oxygen atoms in total. The number of imide groups is 1. The van der Waals surface area contributed by atoms with Crippen LogP contribution in [0, 0.1) is 5.82 Å². The maximum Gasteiger partial charge on any atom is 0.234 e. The summed E-state index contributed by atoms with van der Waals surface area (Å²) in [6, 6.07) is 2.98. The van der Waals surface area contributed by atoms with Gasteiger partial charge in [-0.25, -0.2) is 4.39 Å². The summed E-state index contributed by atoms with van der Waals surface area (Å²) in [5, 5.41) is 12.2. The number of hydrogen-bond acceptors (Lipinski definition) is 5. The molecule has 2 saturated heterocycles. The Morgan fingerprint density at radius 3 is 2.83 bits per heavy atom. The molecule has 1 unspecified atom stereocenters. The number of piperidine rings is 1. The van der Waals surface area contributed by atoms with E-state index in [1.54, 1.807) is 6.07 Å². The Morgan fingerprint density at radius 2 is 2.13 bits per heavy atom. The molecule has 2 aliphatic heterocycles. The number of carbonyl (C=O) groups excluding carboxylic acids is 2. The lowest BCUT2D eigenvalue weighted by Crippen LogP contribution is -2.51. The molecule has 120 valence electrons. The second kappa shape index (κ2) is 5.06. The van der Waals surface area contributed by atoms with Crippen LogP contribution in [0.4, 0.5) is 10.1 Å². The van der Waals surface area contributed by atoms with Crippen molar-refractivity contribution in [2.45, 2.75) is 24.9 Å². The van der Waals surface area contributed by atoms with Crippen LogP contribution in [0.3, 0.4) is 0 Å². The summed E-state index contributed by atoms with van der Waals surface area (Å²) in [5.74, 6) is -2.01. The quantitative estimate of drug-likeness (QED) is 0.815. The van der Waals surface area contributed by atoms with Crippen LogP contribution >= 0.6 is 0 Å². The van der Waals surface area contributed by atoms with Crippen LogP contribution in [0.15, 0.2) is 22.8 Å². The van der Waals surface area contributed by atoms with Crippen molar-refractivity contribution >= 4 is 28.5 Å². The molecule has 1 atom stereocenters. The molecule has 2 fully saturated rings. The van der Waals surface area contributed by atoms with Crippen LogP contribution in [0.1, 0.15) is 24.3 Å². The summed E-state index contributed by atoms with van der Waals surface area (Å²) >= 11 is 0. The molecular weight excluding hydrogens is 303 g/mol. The lowest BCUT2D eigenvalue weighted by Gasteiger charge is -2.38. The second-order valence-electron chi connectivity index (χ2n) is 6.02. The smallest absolute Gasteiger partial charge is 0.234 e. The lowest BCUT2D eigenvalue weighted by atomic mass is 9.87. The van der Waals surface area contributed by atoms with Gasteiger partial charge in [0, 0.05) is 36.5 Å². The van der Waals surface area contributed by atoms with Gasteiger partial charge in [0.1, 0.15) is 5.82 Å². The largest absolute Gasteiger partial charge is 0.462 e. The van der Waals surface area contributed by atoms with Gasteiger partial charge in [-0.05, 0) is 12.5 Å². The third kappa shape index (κ3) is 2.19. The zero-order valence-corrected chi connectivity index (χ0v) is 12.2. The van der Waals surface area contributed by atoms with Gasteiger partial charge in [-0.3, -0.25) is 14.9 Å². The van der Waals surface area contributed by atoms with E-state index in [4.69, 9.17) is 4.42 Å². The number of rotatable bonds is 2. The molecule has 2 aliphatic rings. The number of aliphatic hydroxyl groups is 1. The molecule has 2 aromatic rings. The SMILES string of the molecule is O=C1CCC(c2c(F)cc(N3CC(O)C3)c3occc23)C(=O)N1. The topological polar surface area (TPSA) is 82.8 Å². The monoisotopic (exact) mass is 318 g/mol. The number of benzene rings is 1. The first-order valence-corrected chi connectivity index (χ1v) is 7.51. The molecule has 7 heteroatoms. The van der Waals surface area contributed by atoms with Crippen LogP contribution in [0.2, 0.25) is 0 Å². The average Bonchev–Trinajstić information content (AvgIpc) is 2.94. The van der Waals surface area contributed by atoms with Gasteiger partial charge in [0.2, 0.25) is 11.8 Å². The van der Waals surface area contributed by atoms with Crippen molar-refractivity contribution < 1.29 is 23.5 Å². The maximum atomic E-state index is 14.7. The predicted molar refractivity (Wildman–Crippen MR) is 79.5 cm³/mol. The van der Waals surface area contributed by atoms with Gasteiger partial charge in [-0.1, -0.05) is 0 Å². The van der Waals surface area contributed by atoms with Crippen molar-refractivity contribution in [3.63, 3.8) is 0 Å². The minimum absolute atomic E-state index is 0.190. The van der Waals surface area contributed by atoms with Gasteiger partial charge in [0.25, 0.3) is 0 Å². The fraction of sp³-hybridized carbons (Fsp3) is 0.375. The van der Waals surface area contributed by atoms with Crippen molar-refractivity contribution in [2.75, 3.05) is 18.0 Å². The minimum atomic E-state index is -0.705. The fourth-order valence-electron chi connectivity index (χ4n) is 3.32. The number of aliphatic hydroxyl groups excluding tert-OH is 1. The van der Waals surface area contributed by atoms with Crippen molar-refractivity contribution in [3.05, 3.63) is 29.8 Å². The molecule has 1 aromatic heterocycles. The number of anilines is 1. The Balaban J connectivity index is 1.81. The normalized spacial score (nSPS) is 22.3. The molecule has 0 radical (unpaired) electrons. The number of amides is 2.